The monoisotopic (exact) mass is 343 g/mol. The summed E-state index contributed by atoms with van der Waals surface area (Å²) >= 11 is 11.4. The maximum atomic E-state index is 5.72. The Bertz CT molecular complexity index is 473. The zero-order valence-corrected chi connectivity index (χ0v) is 15.6. The number of ether oxygens (including phenoxy) is 1. The largest absolute Gasteiger partial charge is 0.381 e. The molecule has 0 saturated heterocycles. The van der Waals surface area contributed by atoms with Gasteiger partial charge in [-0.2, -0.15) is 0 Å². The molecule has 1 aromatic carbocycles. The number of aromatic amines is 1. The van der Waals surface area contributed by atoms with E-state index in [0.29, 0.717) is 5.41 Å². The number of hydrogen-bond acceptors (Lipinski definition) is 1. The van der Waals surface area contributed by atoms with Gasteiger partial charge in [-0.25, -0.2) is 0 Å². The summed E-state index contributed by atoms with van der Waals surface area (Å²) in [5.74, 6) is 0. The highest BCUT2D eigenvalue weighted by atomic mass is 35.5. The van der Waals surface area contributed by atoms with Gasteiger partial charge in [-0.1, -0.05) is 44.0 Å². The Kier molecular flexibility index (Phi) is 11.1. The van der Waals surface area contributed by atoms with E-state index in [0.717, 1.165) is 28.8 Å². The summed E-state index contributed by atoms with van der Waals surface area (Å²) in [6.45, 7) is 12.1. The number of benzene rings is 1. The molecule has 1 heterocycles. The average Bonchev–Trinajstić information content (AvgIpc) is 3.00. The van der Waals surface area contributed by atoms with Crippen molar-refractivity contribution in [2.75, 3.05) is 13.2 Å². The van der Waals surface area contributed by atoms with Crippen molar-refractivity contribution in [3.05, 3.63) is 58.3 Å². The molecule has 0 aliphatic heterocycles. The number of hydrogen-bond donors (Lipinski definition) is 1. The average molecular weight is 344 g/mol. The van der Waals surface area contributed by atoms with Crippen LogP contribution in [-0.4, -0.2) is 18.2 Å². The smallest absolute Gasteiger partial charge is 0.0514 e. The standard InChI is InChI=1S/C7H6Cl2.C7H16O.C4H5N/c1-5-4-6(8)2-3-7(5)9;1-5-8-6-7(2,3)4;1-2-4-5-3-1/h2-4H,1H3;5-6H2,1-4H3;1-5H. The number of aromatic nitrogens is 1. The summed E-state index contributed by atoms with van der Waals surface area (Å²) in [7, 11) is 0. The molecule has 0 saturated carbocycles. The molecule has 0 bridgehead atoms. The van der Waals surface area contributed by atoms with Gasteiger partial charge < -0.3 is 9.72 Å². The van der Waals surface area contributed by atoms with Crippen LogP contribution in [0.4, 0.5) is 0 Å². The van der Waals surface area contributed by atoms with Gasteiger partial charge in [-0.15, -0.1) is 0 Å². The van der Waals surface area contributed by atoms with Crippen molar-refractivity contribution < 1.29 is 4.74 Å². The van der Waals surface area contributed by atoms with Crippen molar-refractivity contribution in [2.24, 2.45) is 5.41 Å². The second kappa shape index (κ2) is 11.6. The van der Waals surface area contributed by atoms with Crippen LogP contribution in [0.15, 0.2) is 42.7 Å². The van der Waals surface area contributed by atoms with E-state index in [-0.39, 0.29) is 0 Å². The van der Waals surface area contributed by atoms with Gasteiger partial charge in [0.15, 0.2) is 0 Å². The Balaban J connectivity index is 0.000000312. The predicted molar refractivity (Wildman–Crippen MR) is 97.9 cm³/mol. The Labute approximate surface area is 144 Å². The van der Waals surface area contributed by atoms with Crippen molar-refractivity contribution in [3.63, 3.8) is 0 Å². The van der Waals surface area contributed by atoms with Crippen LogP contribution in [-0.2, 0) is 4.74 Å². The van der Waals surface area contributed by atoms with E-state index < -0.39 is 0 Å². The highest BCUT2D eigenvalue weighted by Crippen LogP contribution is 2.18. The summed E-state index contributed by atoms with van der Waals surface area (Å²) in [6.07, 6.45) is 3.75. The number of nitrogens with one attached hydrogen (secondary N) is 1. The molecule has 0 radical (unpaired) electrons. The Hall–Kier alpha value is -0.960. The maximum absolute atomic E-state index is 5.72. The summed E-state index contributed by atoms with van der Waals surface area (Å²) in [6, 6.07) is 9.29. The lowest BCUT2D eigenvalue weighted by Crippen LogP contribution is -2.14. The fourth-order valence-electron chi connectivity index (χ4n) is 1.29. The van der Waals surface area contributed by atoms with Crippen molar-refractivity contribution in [1.29, 1.82) is 0 Å². The Morgan fingerprint density at radius 1 is 1.09 bits per heavy atom. The first-order valence-electron chi connectivity index (χ1n) is 7.33. The molecule has 0 fully saturated rings. The number of rotatable bonds is 2. The van der Waals surface area contributed by atoms with Crippen LogP contribution in [0.1, 0.15) is 33.3 Å². The lowest BCUT2D eigenvalue weighted by Gasteiger charge is -2.16. The molecule has 2 nitrogen and oxygen atoms in total. The van der Waals surface area contributed by atoms with E-state index in [1.54, 1.807) is 12.1 Å². The zero-order valence-electron chi connectivity index (χ0n) is 14.1. The fraction of sp³-hybridized carbons (Fsp3) is 0.444. The number of halogens is 2. The quantitative estimate of drug-likeness (QED) is 0.671. The first kappa shape index (κ1) is 21.0. The third-order valence-electron chi connectivity index (χ3n) is 2.36. The third kappa shape index (κ3) is 12.8. The Morgan fingerprint density at radius 2 is 1.68 bits per heavy atom. The summed E-state index contributed by atoms with van der Waals surface area (Å²) in [5.41, 5.74) is 1.35. The van der Waals surface area contributed by atoms with Crippen molar-refractivity contribution >= 4 is 23.2 Å². The van der Waals surface area contributed by atoms with Crippen LogP contribution in [0.3, 0.4) is 0 Å². The zero-order chi connectivity index (χ0) is 17.0. The van der Waals surface area contributed by atoms with Crippen molar-refractivity contribution in [1.82, 2.24) is 4.98 Å². The first-order valence-corrected chi connectivity index (χ1v) is 8.09. The van der Waals surface area contributed by atoms with Gasteiger partial charge in [0, 0.05) is 29.0 Å². The van der Waals surface area contributed by atoms with Gasteiger partial charge in [0.25, 0.3) is 0 Å². The summed E-state index contributed by atoms with van der Waals surface area (Å²) in [4.78, 5) is 2.86. The first-order chi connectivity index (χ1) is 10.3. The lowest BCUT2D eigenvalue weighted by molar-refractivity contribution is 0.0805. The van der Waals surface area contributed by atoms with Gasteiger partial charge in [0.1, 0.15) is 0 Å². The SMILES string of the molecule is CCOCC(C)(C)C.Cc1cc(Cl)ccc1Cl.c1cc[nH]c1. The van der Waals surface area contributed by atoms with E-state index in [9.17, 15) is 0 Å². The minimum atomic E-state index is 0.329. The second-order valence-corrected chi connectivity index (χ2v) is 6.82. The normalized spacial score (nSPS) is 10.1. The van der Waals surface area contributed by atoms with E-state index in [1.165, 1.54) is 0 Å². The van der Waals surface area contributed by atoms with Crippen LogP contribution in [0.5, 0.6) is 0 Å². The molecule has 22 heavy (non-hydrogen) atoms. The molecule has 4 heteroatoms. The lowest BCUT2D eigenvalue weighted by atomic mass is 9.99. The predicted octanol–water partition coefficient (Wildman–Crippen LogP) is 6.39. The van der Waals surface area contributed by atoms with Crippen LogP contribution < -0.4 is 0 Å². The molecule has 124 valence electrons. The summed E-state index contributed by atoms with van der Waals surface area (Å²) < 4.78 is 5.20. The number of aryl methyl sites for hydroxylation is 1. The third-order valence-corrected chi connectivity index (χ3v) is 3.01. The van der Waals surface area contributed by atoms with Gasteiger partial charge in [-0.05, 0) is 55.2 Å². The highest BCUT2D eigenvalue weighted by Gasteiger charge is 2.08. The molecule has 0 aliphatic rings. The van der Waals surface area contributed by atoms with E-state index in [2.05, 4.69) is 25.8 Å². The molecule has 0 atom stereocenters. The van der Waals surface area contributed by atoms with Gasteiger partial charge in [0.05, 0.1) is 6.61 Å². The van der Waals surface area contributed by atoms with E-state index in [4.69, 9.17) is 27.9 Å². The fourth-order valence-corrected chi connectivity index (χ4v) is 1.64. The maximum Gasteiger partial charge on any atom is 0.0514 e. The van der Waals surface area contributed by atoms with Crippen LogP contribution in [0.25, 0.3) is 0 Å². The van der Waals surface area contributed by atoms with Crippen LogP contribution in [0, 0.1) is 12.3 Å². The highest BCUT2D eigenvalue weighted by molar-refractivity contribution is 6.33. The minimum Gasteiger partial charge on any atom is -0.381 e. The van der Waals surface area contributed by atoms with Gasteiger partial charge in [0.2, 0.25) is 0 Å². The van der Waals surface area contributed by atoms with Gasteiger partial charge >= 0.3 is 0 Å². The van der Waals surface area contributed by atoms with Crippen molar-refractivity contribution in [2.45, 2.75) is 34.6 Å². The van der Waals surface area contributed by atoms with E-state index >= 15 is 0 Å². The second-order valence-electron chi connectivity index (χ2n) is 5.98. The van der Waals surface area contributed by atoms with Crippen LogP contribution in [0.2, 0.25) is 10.0 Å². The molecule has 0 amide bonds. The molecule has 2 aromatic rings. The molecular formula is C18H27Cl2NO. The van der Waals surface area contributed by atoms with Gasteiger partial charge in [-0.3, -0.25) is 0 Å². The topological polar surface area (TPSA) is 25.0 Å². The molecule has 0 aliphatic carbocycles. The molecular weight excluding hydrogens is 317 g/mol. The molecule has 1 N–H and O–H groups in total. The van der Waals surface area contributed by atoms with Crippen molar-refractivity contribution in [3.8, 4) is 0 Å². The van der Waals surface area contributed by atoms with Crippen LogP contribution >= 0.6 is 23.2 Å². The molecule has 0 unspecified atom stereocenters. The molecule has 2 rings (SSSR count). The van der Waals surface area contributed by atoms with E-state index in [1.807, 2.05) is 44.4 Å². The Morgan fingerprint density at radius 3 is 1.95 bits per heavy atom. The molecule has 1 aromatic heterocycles. The molecule has 0 spiro atoms. The number of H-pyrrole nitrogens is 1. The minimum absolute atomic E-state index is 0.329. The summed E-state index contributed by atoms with van der Waals surface area (Å²) in [5, 5.41) is 1.50.